The molecule has 3 aromatic carbocycles. The lowest BCUT2D eigenvalue weighted by molar-refractivity contribution is -0.156. The molecule has 0 unspecified atom stereocenters. The van der Waals surface area contributed by atoms with Crippen molar-refractivity contribution in [3.63, 3.8) is 0 Å². The largest absolute Gasteiger partial charge is 0.493 e. The Balaban J connectivity index is 2.04. The maximum Gasteiger partial charge on any atom is 0.308 e. The number of carbonyl (C=O) groups is 1. The van der Waals surface area contributed by atoms with Gasteiger partial charge in [0.2, 0.25) is 0 Å². The van der Waals surface area contributed by atoms with Crippen LogP contribution in [0.15, 0.2) is 78.9 Å². The molecule has 0 aliphatic carbocycles. The second-order valence-corrected chi connectivity index (χ2v) is 9.67. The quantitative estimate of drug-likeness (QED) is 0.304. The summed E-state index contributed by atoms with van der Waals surface area (Å²) in [5.74, 6) is 1.15. The first-order chi connectivity index (χ1) is 16.7. The van der Waals surface area contributed by atoms with Crippen LogP contribution in [0.2, 0.25) is 0 Å². The first kappa shape index (κ1) is 26.3. The van der Waals surface area contributed by atoms with Gasteiger partial charge in [0, 0.05) is 18.6 Å². The summed E-state index contributed by atoms with van der Waals surface area (Å²) >= 11 is 0. The summed E-state index contributed by atoms with van der Waals surface area (Å²) in [6.45, 7) is 8.49. The van der Waals surface area contributed by atoms with E-state index in [1.54, 1.807) is 14.2 Å². The molecule has 0 N–H and O–H groups in total. The molecule has 2 atom stereocenters. The van der Waals surface area contributed by atoms with Gasteiger partial charge in [0.25, 0.3) is 0 Å². The monoisotopic (exact) mass is 475 g/mol. The molecule has 0 saturated heterocycles. The van der Waals surface area contributed by atoms with Crippen LogP contribution in [0.3, 0.4) is 0 Å². The third-order valence-electron chi connectivity index (χ3n) is 5.96. The van der Waals surface area contributed by atoms with E-state index in [9.17, 15) is 4.79 Å². The first-order valence-corrected chi connectivity index (χ1v) is 12.0. The van der Waals surface area contributed by atoms with Gasteiger partial charge in [-0.1, -0.05) is 66.7 Å². The topological polar surface area (TPSA) is 48.0 Å². The van der Waals surface area contributed by atoms with Crippen LogP contribution >= 0.6 is 0 Å². The van der Waals surface area contributed by atoms with Crippen LogP contribution in [-0.2, 0) is 16.1 Å². The number of hydrogen-bond acceptors (Lipinski definition) is 5. The minimum absolute atomic E-state index is 0.0388. The normalized spacial score (nSPS) is 13.2. The summed E-state index contributed by atoms with van der Waals surface area (Å²) in [5, 5.41) is 0. The maximum absolute atomic E-state index is 13.1. The predicted octanol–water partition coefficient (Wildman–Crippen LogP) is 6.74. The van der Waals surface area contributed by atoms with Gasteiger partial charge in [0.15, 0.2) is 11.5 Å². The lowest BCUT2D eigenvalue weighted by atomic mass is 9.96. The van der Waals surface area contributed by atoms with Crippen LogP contribution < -0.4 is 9.47 Å². The Morgan fingerprint density at radius 1 is 0.829 bits per heavy atom. The SMILES string of the molecule is COc1ccc(CN([C@H](C)c2ccccc2)[C@@H](CC(=O)OC(C)(C)C)c2ccccc2)cc1OC. The molecular weight excluding hydrogens is 438 g/mol. The zero-order chi connectivity index (χ0) is 25.4. The van der Waals surface area contributed by atoms with E-state index in [-0.39, 0.29) is 24.5 Å². The molecule has 186 valence electrons. The highest BCUT2D eigenvalue weighted by Gasteiger charge is 2.30. The van der Waals surface area contributed by atoms with Crippen LogP contribution in [0, 0.1) is 0 Å². The molecule has 0 spiro atoms. The Hall–Kier alpha value is -3.31. The van der Waals surface area contributed by atoms with Crippen molar-refractivity contribution in [1.82, 2.24) is 4.90 Å². The molecule has 0 saturated carbocycles. The number of carbonyl (C=O) groups excluding carboxylic acids is 1. The van der Waals surface area contributed by atoms with Crippen molar-refractivity contribution in [3.05, 3.63) is 95.6 Å². The van der Waals surface area contributed by atoms with Gasteiger partial charge in [-0.3, -0.25) is 9.69 Å². The van der Waals surface area contributed by atoms with E-state index in [1.807, 2.05) is 75.4 Å². The summed E-state index contributed by atoms with van der Waals surface area (Å²) in [7, 11) is 3.27. The molecule has 0 aliphatic rings. The molecule has 0 heterocycles. The summed E-state index contributed by atoms with van der Waals surface area (Å²) in [6, 6.07) is 26.4. The van der Waals surface area contributed by atoms with Crippen molar-refractivity contribution in [2.75, 3.05) is 14.2 Å². The number of nitrogens with zero attached hydrogens (tertiary/aromatic N) is 1. The van der Waals surface area contributed by atoms with Crippen LogP contribution in [0.1, 0.15) is 62.9 Å². The highest BCUT2D eigenvalue weighted by Crippen LogP contribution is 2.36. The molecule has 0 aliphatic heterocycles. The molecule has 35 heavy (non-hydrogen) atoms. The Bertz CT molecular complexity index is 1080. The van der Waals surface area contributed by atoms with Crippen molar-refractivity contribution in [1.29, 1.82) is 0 Å². The average Bonchev–Trinajstić information content (AvgIpc) is 2.85. The Morgan fingerprint density at radius 2 is 1.40 bits per heavy atom. The van der Waals surface area contributed by atoms with Crippen molar-refractivity contribution in [2.24, 2.45) is 0 Å². The molecule has 0 bridgehead atoms. The molecule has 0 aromatic heterocycles. The molecule has 3 rings (SSSR count). The molecule has 0 amide bonds. The zero-order valence-electron chi connectivity index (χ0n) is 21.7. The average molecular weight is 476 g/mol. The highest BCUT2D eigenvalue weighted by molar-refractivity contribution is 5.71. The van der Waals surface area contributed by atoms with Crippen molar-refractivity contribution in [2.45, 2.75) is 58.3 Å². The van der Waals surface area contributed by atoms with Gasteiger partial charge in [-0.25, -0.2) is 0 Å². The van der Waals surface area contributed by atoms with Gasteiger partial charge in [-0.2, -0.15) is 0 Å². The highest BCUT2D eigenvalue weighted by atomic mass is 16.6. The number of benzene rings is 3. The second kappa shape index (κ2) is 11.9. The fraction of sp³-hybridized carbons (Fsp3) is 0.367. The number of rotatable bonds is 10. The van der Waals surface area contributed by atoms with Crippen molar-refractivity contribution >= 4 is 5.97 Å². The van der Waals surface area contributed by atoms with E-state index in [4.69, 9.17) is 14.2 Å². The van der Waals surface area contributed by atoms with Crippen LogP contribution in [0.25, 0.3) is 0 Å². The van der Waals surface area contributed by atoms with Crippen molar-refractivity contribution in [3.8, 4) is 11.5 Å². The molecule has 0 fully saturated rings. The van der Waals surface area contributed by atoms with Gasteiger partial charge in [0.1, 0.15) is 5.60 Å². The number of ether oxygens (including phenoxy) is 3. The fourth-order valence-corrected chi connectivity index (χ4v) is 4.27. The third kappa shape index (κ3) is 7.33. The Morgan fingerprint density at radius 3 is 1.94 bits per heavy atom. The minimum atomic E-state index is -0.544. The Labute approximate surface area is 209 Å². The summed E-state index contributed by atoms with van der Waals surface area (Å²) in [6.07, 6.45) is 0.242. The fourth-order valence-electron chi connectivity index (χ4n) is 4.27. The maximum atomic E-state index is 13.1. The standard InChI is InChI=1S/C30H37NO4/c1-22(24-13-9-7-10-14-24)31(21-23-17-18-27(33-5)28(19-23)34-6)26(25-15-11-8-12-16-25)20-29(32)35-30(2,3)4/h7-19,22,26H,20-21H2,1-6H3/t22-,26+/m1/s1. The molecular formula is C30H37NO4. The van der Waals surface area contributed by atoms with Gasteiger partial charge in [-0.05, 0) is 56.5 Å². The number of esters is 1. The number of methoxy groups -OCH3 is 2. The summed E-state index contributed by atoms with van der Waals surface area (Å²) in [5.41, 5.74) is 2.77. The minimum Gasteiger partial charge on any atom is -0.493 e. The van der Waals surface area contributed by atoms with E-state index in [2.05, 4.69) is 36.1 Å². The van der Waals surface area contributed by atoms with E-state index >= 15 is 0 Å². The third-order valence-corrected chi connectivity index (χ3v) is 5.96. The predicted molar refractivity (Wildman–Crippen MR) is 140 cm³/mol. The summed E-state index contributed by atoms with van der Waals surface area (Å²) in [4.78, 5) is 15.4. The van der Waals surface area contributed by atoms with Gasteiger partial charge < -0.3 is 14.2 Å². The van der Waals surface area contributed by atoms with Crippen LogP contribution in [-0.4, -0.2) is 30.7 Å². The number of hydrogen-bond donors (Lipinski definition) is 0. The van der Waals surface area contributed by atoms with E-state index in [0.29, 0.717) is 18.0 Å². The molecule has 0 radical (unpaired) electrons. The lowest BCUT2D eigenvalue weighted by Gasteiger charge is -2.37. The zero-order valence-corrected chi connectivity index (χ0v) is 21.7. The molecule has 3 aromatic rings. The van der Waals surface area contributed by atoms with Crippen LogP contribution in [0.5, 0.6) is 11.5 Å². The smallest absolute Gasteiger partial charge is 0.308 e. The van der Waals surface area contributed by atoms with Gasteiger partial charge >= 0.3 is 5.97 Å². The van der Waals surface area contributed by atoms with E-state index < -0.39 is 5.60 Å². The van der Waals surface area contributed by atoms with E-state index in [1.165, 1.54) is 5.56 Å². The molecule has 5 nitrogen and oxygen atoms in total. The van der Waals surface area contributed by atoms with Gasteiger partial charge in [0.05, 0.1) is 20.6 Å². The van der Waals surface area contributed by atoms with E-state index in [0.717, 1.165) is 11.1 Å². The van der Waals surface area contributed by atoms with Crippen molar-refractivity contribution < 1.29 is 19.0 Å². The first-order valence-electron chi connectivity index (χ1n) is 12.0. The van der Waals surface area contributed by atoms with Gasteiger partial charge in [-0.15, -0.1) is 0 Å². The second-order valence-electron chi connectivity index (χ2n) is 9.67. The van der Waals surface area contributed by atoms with Crippen LogP contribution in [0.4, 0.5) is 0 Å². The molecule has 5 heteroatoms. The Kier molecular flexibility index (Phi) is 8.94. The lowest BCUT2D eigenvalue weighted by Crippen LogP contribution is -2.34. The summed E-state index contributed by atoms with van der Waals surface area (Å²) < 4.78 is 16.7.